The number of non-ortho nitro benzene ring substituents is 1. The maximum Gasteiger partial charge on any atom is 0.326 e. The van der Waals surface area contributed by atoms with Crippen LogP contribution in [0.1, 0.15) is 17.3 Å². The molecule has 10 heteroatoms. The van der Waals surface area contributed by atoms with Crippen molar-refractivity contribution in [2.24, 2.45) is 4.99 Å². The molecule has 0 unspecified atom stereocenters. The lowest BCUT2D eigenvalue weighted by atomic mass is 10.2. The summed E-state index contributed by atoms with van der Waals surface area (Å²) in [5.74, 6) is -1.12. The van der Waals surface area contributed by atoms with Crippen molar-refractivity contribution < 1.29 is 19.2 Å². The lowest BCUT2D eigenvalue weighted by Crippen LogP contribution is -2.23. The molecule has 0 aliphatic heterocycles. The Balaban J connectivity index is 2.17. The van der Waals surface area contributed by atoms with Gasteiger partial charge in [-0.2, -0.15) is 4.99 Å². The van der Waals surface area contributed by atoms with Crippen molar-refractivity contribution in [1.82, 2.24) is 4.57 Å². The van der Waals surface area contributed by atoms with Gasteiger partial charge in [0, 0.05) is 12.1 Å². The van der Waals surface area contributed by atoms with E-state index in [2.05, 4.69) is 4.99 Å². The van der Waals surface area contributed by atoms with Crippen molar-refractivity contribution in [3.8, 4) is 0 Å². The van der Waals surface area contributed by atoms with Crippen LogP contribution in [-0.4, -0.2) is 28.0 Å². The molecule has 0 N–H and O–H groups in total. The number of nitro groups is 1. The highest BCUT2D eigenvalue weighted by Crippen LogP contribution is 2.23. The molecule has 0 bridgehead atoms. The van der Waals surface area contributed by atoms with Gasteiger partial charge in [0.2, 0.25) is 0 Å². The second-order valence-corrected chi connectivity index (χ2v) is 7.00. The average molecular weight is 420 g/mol. The van der Waals surface area contributed by atoms with Gasteiger partial charge in [-0.3, -0.25) is 19.7 Å². The number of rotatable bonds is 5. The van der Waals surface area contributed by atoms with Gasteiger partial charge in [-0.1, -0.05) is 35.1 Å². The molecule has 0 radical (unpaired) electrons. The number of nitro benzene ring substituents is 1. The van der Waals surface area contributed by atoms with Gasteiger partial charge in [0.1, 0.15) is 6.54 Å². The number of carbonyl (C=O) groups excluding carboxylic acids is 2. The summed E-state index contributed by atoms with van der Waals surface area (Å²) < 4.78 is 7.04. The predicted octanol–water partition coefficient (Wildman–Crippen LogP) is 3.57. The minimum atomic E-state index is -0.579. The molecule has 144 valence electrons. The van der Waals surface area contributed by atoms with Crippen molar-refractivity contribution in [2.45, 2.75) is 13.5 Å². The standard InChI is InChI=1S/C18H14ClN3O5S/c1-2-27-16(23)10-21-14-9-11(22(25)26)7-8-15(14)28-18(21)20-17(24)12-5-3-4-6-13(12)19/h3-9H,2,10H2,1H3. The number of nitrogens with zero attached hydrogens (tertiary/aromatic N) is 3. The van der Waals surface area contributed by atoms with Crippen molar-refractivity contribution >= 4 is 50.7 Å². The molecule has 1 amide bonds. The number of ether oxygens (including phenoxy) is 1. The SMILES string of the molecule is CCOC(=O)Cn1c(=NC(=O)c2ccccc2Cl)sc2ccc([N+](=O)[O-])cc21. The van der Waals surface area contributed by atoms with E-state index in [4.69, 9.17) is 16.3 Å². The maximum absolute atomic E-state index is 12.6. The van der Waals surface area contributed by atoms with Crippen LogP contribution in [0.15, 0.2) is 47.5 Å². The number of benzene rings is 2. The van der Waals surface area contributed by atoms with Gasteiger partial charge < -0.3 is 9.30 Å². The molecule has 0 fully saturated rings. The van der Waals surface area contributed by atoms with E-state index >= 15 is 0 Å². The Morgan fingerprint density at radius 3 is 2.71 bits per heavy atom. The summed E-state index contributed by atoms with van der Waals surface area (Å²) in [7, 11) is 0. The normalized spacial score (nSPS) is 11.6. The van der Waals surface area contributed by atoms with Gasteiger partial charge in [0.05, 0.1) is 32.3 Å². The topological polar surface area (TPSA) is 104 Å². The third-order valence-corrected chi connectivity index (χ3v) is 5.16. The summed E-state index contributed by atoms with van der Waals surface area (Å²) in [4.78, 5) is 39.5. The quantitative estimate of drug-likeness (QED) is 0.357. The molecule has 0 atom stereocenters. The third kappa shape index (κ3) is 4.10. The molecule has 3 aromatic rings. The third-order valence-electron chi connectivity index (χ3n) is 3.77. The average Bonchev–Trinajstić information content (AvgIpc) is 2.98. The number of aromatic nitrogens is 1. The summed E-state index contributed by atoms with van der Waals surface area (Å²) in [6.45, 7) is 1.63. The number of hydrogen-bond donors (Lipinski definition) is 0. The molecule has 0 aliphatic carbocycles. The fraction of sp³-hybridized carbons (Fsp3) is 0.167. The predicted molar refractivity (Wildman–Crippen MR) is 104 cm³/mol. The molecule has 0 saturated carbocycles. The number of carbonyl (C=O) groups is 2. The molecule has 3 rings (SSSR count). The Hall–Kier alpha value is -3.04. The van der Waals surface area contributed by atoms with Crippen LogP contribution in [0.4, 0.5) is 5.69 Å². The monoisotopic (exact) mass is 419 g/mol. The number of halogens is 1. The second kappa shape index (κ2) is 8.32. The summed E-state index contributed by atoms with van der Waals surface area (Å²) in [5.41, 5.74) is 0.500. The Bertz CT molecular complexity index is 1150. The smallest absolute Gasteiger partial charge is 0.326 e. The van der Waals surface area contributed by atoms with Gasteiger partial charge in [0.15, 0.2) is 4.80 Å². The first-order chi connectivity index (χ1) is 13.4. The van der Waals surface area contributed by atoms with E-state index in [0.29, 0.717) is 10.2 Å². The summed E-state index contributed by atoms with van der Waals surface area (Å²) in [6, 6.07) is 10.7. The first-order valence-corrected chi connectivity index (χ1v) is 9.37. The van der Waals surface area contributed by atoms with E-state index in [9.17, 15) is 19.7 Å². The number of thiazole rings is 1. The Kier molecular flexibility index (Phi) is 5.86. The number of hydrogen-bond acceptors (Lipinski definition) is 6. The van der Waals surface area contributed by atoms with Crippen LogP contribution in [0.25, 0.3) is 10.2 Å². The van der Waals surface area contributed by atoms with Crippen molar-refractivity contribution in [3.05, 3.63) is 68.0 Å². The highest BCUT2D eigenvalue weighted by molar-refractivity contribution is 7.16. The number of fused-ring (bicyclic) bond motifs is 1. The molecule has 1 heterocycles. The van der Waals surface area contributed by atoms with Gasteiger partial charge in [0.25, 0.3) is 11.6 Å². The van der Waals surface area contributed by atoms with Crippen LogP contribution in [0, 0.1) is 10.1 Å². The summed E-state index contributed by atoms with van der Waals surface area (Å²) in [6.07, 6.45) is 0. The van der Waals surface area contributed by atoms with E-state index in [1.807, 2.05) is 0 Å². The van der Waals surface area contributed by atoms with Gasteiger partial charge in [-0.25, -0.2) is 0 Å². The molecule has 28 heavy (non-hydrogen) atoms. The fourth-order valence-corrected chi connectivity index (χ4v) is 3.75. The molecular formula is C18H14ClN3O5S. The van der Waals surface area contributed by atoms with E-state index in [1.54, 1.807) is 37.3 Å². The molecule has 0 aliphatic rings. The highest BCUT2D eigenvalue weighted by Gasteiger charge is 2.16. The summed E-state index contributed by atoms with van der Waals surface area (Å²) in [5, 5.41) is 11.4. The zero-order chi connectivity index (χ0) is 20.3. The number of amides is 1. The minimum Gasteiger partial charge on any atom is -0.465 e. The van der Waals surface area contributed by atoms with Crippen LogP contribution in [-0.2, 0) is 16.1 Å². The molecule has 1 aromatic heterocycles. The van der Waals surface area contributed by atoms with Crippen molar-refractivity contribution in [3.63, 3.8) is 0 Å². The van der Waals surface area contributed by atoms with Gasteiger partial charge in [-0.05, 0) is 25.1 Å². The maximum atomic E-state index is 12.6. The Labute approximate surface area is 167 Å². The molecule has 2 aromatic carbocycles. The lowest BCUT2D eigenvalue weighted by Gasteiger charge is -2.05. The Morgan fingerprint density at radius 2 is 2.04 bits per heavy atom. The van der Waals surface area contributed by atoms with Crippen LogP contribution in [0.5, 0.6) is 0 Å². The fourth-order valence-electron chi connectivity index (χ4n) is 2.53. The Morgan fingerprint density at radius 1 is 1.29 bits per heavy atom. The van der Waals surface area contributed by atoms with E-state index in [1.165, 1.54) is 16.7 Å². The van der Waals surface area contributed by atoms with Crippen molar-refractivity contribution in [1.29, 1.82) is 0 Å². The van der Waals surface area contributed by atoms with Gasteiger partial charge >= 0.3 is 5.97 Å². The largest absolute Gasteiger partial charge is 0.465 e. The first-order valence-electron chi connectivity index (χ1n) is 8.17. The lowest BCUT2D eigenvalue weighted by molar-refractivity contribution is -0.384. The first kappa shape index (κ1) is 19.7. The van der Waals surface area contributed by atoms with Crippen LogP contribution >= 0.6 is 22.9 Å². The van der Waals surface area contributed by atoms with E-state index in [-0.39, 0.29) is 34.2 Å². The molecule has 0 spiro atoms. The van der Waals surface area contributed by atoms with E-state index < -0.39 is 16.8 Å². The van der Waals surface area contributed by atoms with Crippen molar-refractivity contribution in [2.75, 3.05) is 6.61 Å². The zero-order valence-electron chi connectivity index (χ0n) is 14.6. The van der Waals surface area contributed by atoms with Crippen LogP contribution in [0.2, 0.25) is 5.02 Å². The second-order valence-electron chi connectivity index (χ2n) is 5.58. The van der Waals surface area contributed by atoms with Crippen LogP contribution < -0.4 is 4.80 Å². The minimum absolute atomic E-state index is 0.133. The summed E-state index contributed by atoms with van der Waals surface area (Å²) >= 11 is 7.19. The van der Waals surface area contributed by atoms with E-state index in [0.717, 1.165) is 11.3 Å². The number of esters is 1. The molecule has 8 nitrogen and oxygen atoms in total. The van der Waals surface area contributed by atoms with Crippen LogP contribution in [0.3, 0.4) is 0 Å². The molecular weight excluding hydrogens is 406 g/mol. The molecule has 0 saturated heterocycles. The van der Waals surface area contributed by atoms with Gasteiger partial charge in [-0.15, -0.1) is 0 Å². The zero-order valence-corrected chi connectivity index (χ0v) is 16.2. The highest BCUT2D eigenvalue weighted by atomic mass is 35.5.